The van der Waals surface area contributed by atoms with Crippen molar-refractivity contribution in [3.05, 3.63) is 17.5 Å². The fraction of sp³-hybridized carbons (Fsp3) is 0.583. The first-order valence-electron chi connectivity index (χ1n) is 5.94. The monoisotopic (exact) mass is 267 g/mol. The SMILES string of the molecule is Cn1ncc2c1CN(C(=O)OC(C)(C)C)[C@@H]2C(=O)O. The summed E-state index contributed by atoms with van der Waals surface area (Å²) in [5.41, 5.74) is 0.604. The molecule has 1 aromatic rings. The average molecular weight is 267 g/mol. The van der Waals surface area contributed by atoms with Gasteiger partial charge in [-0.1, -0.05) is 0 Å². The van der Waals surface area contributed by atoms with Crippen LogP contribution in [0.25, 0.3) is 0 Å². The van der Waals surface area contributed by atoms with Gasteiger partial charge in [0.1, 0.15) is 5.60 Å². The second kappa shape index (κ2) is 4.25. The average Bonchev–Trinajstić information content (AvgIpc) is 2.76. The summed E-state index contributed by atoms with van der Waals surface area (Å²) in [5.74, 6) is -1.09. The molecular weight excluding hydrogens is 250 g/mol. The van der Waals surface area contributed by atoms with E-state index in [-0.39, 0.29) is 6.54 Å². The lowest BCUT2D eigenvalue weighted by molar-refractivity contribution is -0.143. The van der Waals surface area contributed by atoms with Crippen LogP contribution >= 0.6 is 0 Å². The highest BCUT2D eigenvalue weighted by Gasteiger charge is 2.42. The number of carboxylic acid groups (broad SMARTS) is 1. The molecule has 0 spiro atoms. The van der Waals surface area contributed by atoms with Gasteiger partial charge in [0.15, 0.2) is 6.04 Å². The number of carbonyl (C=O) groups excluding carboxylic acids is 1. The topological polar surface area (TPSA) is 84.7 Å². The van der Waals surface area contributed by atoms with Gasteiger partial charge in [0, 0.05) is 12.6 Å². The number of aromatic nitrogens is 2. The summed E-state index contributed by atoms with van der Waals surface area (Å²) in [6, 6.07) is -1.03. The Bertz CT molecular complexity index is 530. The van der Waals surface area contributed by atoms with Gasteiger partial charge in [0.2, 0.25) is 0 Å². The predicted molar refractivity (Wildman–Crippen MR) is 65.4 cm³/mol. The smallest absolute Gasteiger partial charge is 0.411 e. The first-order chi connectivity index (χ1) is 8.70. The molecule has 2 heterocycles. The summed E-state index contributed by atoms with van der Waals surface area (Å²) in [4.78, 5) is 24.6. The molecule has 1 N–H and O–H groups in total. The van der Waals surface area contributed by atoms with E-state index in [1.165, 1.54) is 11.1 Å². The standard InChI is InChI=1S/C12H17N3O4/c1-12(2,3)19-11(18)15-6-8-7(5-13-14(8)4)9(15)10(16)17/h5,9H,6H2,1-4H3,(H,16,17)/t9-/m0/s1. The highest BCUT2D eigenvalue weighted by molar-refractivity contribution is 5.83. The lowest BCUT2D eigenvalue weighted by Gasteiger charge is -2.26. The van der Waals surface area contributed by atoms with E-state index in [1.54, 1.807) is 32.5 Å². The molecule has 19 heavy (non-hydrogen) atoms. The normalized spacial score (nSPS) is 18.3. The van der Waals surface area contributed by atoms with Gasteiger partial charge < -0.3 is 9.84 Å². The number of fused-ring (bicyclic) bond motifs is 1. The molecule has 1 aromatic heterocycles. The van der Waals surface area contributed by atoms with Crippen molar-refractivity contribution in [1.29, 1.82) is 0 Å². The Kier molecular flexibility index (Phi) is 3.00. The van der Waals surface area contributed by atoms with Crippen molar-refractivity contribution >= 4 is 12.1 Å². The molecule has 7 nitrogen and oxygen atoms in total. The Morgan fingerprint density at radius 3 is 2.63 bits per heavy atom. The van der Waals surface area contributed by atoms with Crippen LogP contribution in [0.5, 0.6) is 0 Å². The molecule has 0 saturated carbocycles. The molecule has 104 valence electrons. The molecular formula is C12H17N3O4. The van der Waals surface area contributed by atoms with E-state index in [2.05, 4.69) is 5.10 Å². The second-order valence-electron chi connectivity index (χ2n) is 5.52. The second-order valence-corrected chi connectivity index (χ2v) is 5.52. The third-order valence-electron chi connectivity index (χ3n) is 2.88. The van der Waals surface area contributed by atoms with Crippen molar-refractivity contribution in [2.75, 3.05) is 0 Å². The molecule has 2 rings (SSSR count). The van der Waals surface area contributed by atoms with Crippen molar-refractivity contribution in [2.24, 2.45) is 7.05 Å². The quantitative estimate of drug-likeness (QED) is 0.829. The van der Waals surface area contributed by atoms with Gasteiger partial charge >= 0.3 is 12.1 Å². The highest BCUT2D eigenvalue weighted by Crippen LogP contribution is 2.34. The number of carbonyl (C=O) groups is 2. The summed E-state index contributed by atoms with van der Waals surface area (Å²) >= 11 is 0. The summed E-state index contributed by atoms with van der Waals surface area (Å²) in [5, 5.41) is 13.3. The van der Waals surface area contributed by atoms with E-state index in [0.717, 1.165) is 5.69 Å². The Hall–Kier alpha value is -2.05. The number of nitrogens with zero attached hydrogens (tertiary/aromatic N) is 3. The number of ether oxygens (including phenoxy) is 1. The third kappa shape index (κ3) is 2.40. The van der Waals surface area contributed by atoms with Gasteiger partial charge in [0.05, 0.1) is 18.4 Å². The van der Waals surface area contributed by atoms with Crippen LogP contribution in [-0.2, 0) is 23.1 Å². The molecule has 1 amide bonds. The molecule has 0 radical (unpaired) electrons. The maximum absolute atomic E-state index is 12.1. The van der Waals surface area contributed by atoms with Gasteiger partial charge in [-0.3, -0.25) is 9.58 Å². The third-order valence-corrected chi connectivity index (χ3v) is 2.88. The fourth-order valence-corrected chi connectivity index (χ4v) is 2.08. The van der Waals surface area contributed by atoms with E-state index in [1.807, 2.05) is 0 Å². The molecule has 0 saturated heterocycles. The summed E-state index contributed by atoms with van der Waals surface area (Å²) in [7, 11) is 1.72. The molecule has 0 aliphatic carbocycles. The van der Waals surface area contributed by atoms with Gasteiger partial charge in [-0.05, 0) is 20.8 Å². The first-order valence-corrected chi connectivity index (χ1v) is 5.94. The molecule has 1 aliphatic rings. The van der Waals surface area contributed by atoms with Crippen LogP contribution < -0.4 is 0 Å². The largest absolute Gasteiger partial charge is 0.479 e. The van der Waals surface area contributed by atoms with Gasteiger partial charge in [-0.2, -0.15) is 5.10 Å². The van der Waals surface area contributed by atoms with E-state index in [4.69, 9.17) is 4.74 Å². The molecule has 7 heteroatoms. The number of carboxylic acids is 1. The lowest BCUT2D eigenvalue weighted by atomic mass is 10.1. The number of hydrogen-bond donors (Lipinski definition) is 1. The van der Waals surface area contributed by atoms with Crippen molar-refractivity contribution < 1.29 is 19.4 Å². The number of amides is 1. The Balaban J connectivity index is 2.28. The zero-order chi connectivity index (χ0) is 14.4. The zero-order valence-corrected chi connectivity index (χ0v) is 11.4. The number of aryl methyl sites for hydroxylation is 1. The van der Waals surface area contributed by atoms with Gasteiger partial charge in [-0.15, -0.1) is 0 Å². The molecule has 1 aliphatic heterocycles. The minimum Gasteiger partial charge on any atom is -0.479 e. The van der Waals surface area contributed by atoms with E-state index in [9.17, 15) is 14.7 Å². The Labute approximate surface area is 110 Å². The molecule has 0 unspecified atom stereocenters. The number of aliphatic carboxylic acids is 1. The molecule has 0 aromatic carbocycles. The van der Waals surface area contributed by atoms with Crippen LogP contribution in [0.4, 0.5) is 4.79 Å². The molecule has 0 fully saturated rings. The minimum atomic E-state index is -1.09. The predicted octanol–water partition coefficient (Wildman–Crippen LogP) is 1.30. The number of rotatable bonds is 1. The Morgan fingerprint density at radius 1 is 1.47 bits per heavy atom. The van der Waals surface area contributed by atoms with E-state index >= 15 is 0 Å². The van der Waals surface area contributed by atoms with Gasteiger partial charge in [0.25, 0.3) is 0 Å². The van der Waals surface area contributed by atoms with Crippen molar-refractivity contribution in [3.8, 4) is 0 Å². The van der Waals surface area contributed by atoms with Crippen LogP contribution in [0.2, 0.25) is 0 Å². The zero-order valence-electron chi connectivity index (χ0n) is 11.4. The summed E-state index contributed by atoms with van der Waals surface area (Å²) < 4.78 is 6.82. The maximum Gasteiger partial charge on any atom is 0.411 e. The highest BCUT2D eigenvalue weighted by atomic mass is 16.6. The maximum atomic E-state index is 12.1. The van der Waals surface area contributed by atoms with Crippen LogP contribution in [0, 0.1) is 0 Å². The van der Waals surface area contributed by atoms with Crippen molar-refractivity contribution in [1.82, 2.24) is 14.7 Å². The van der Waals surface area contributed by atoms with Crippen LogP contribution in [0.3, 0.4) is 0 Å². The minimum absolute atomic E-state index is 0.192. The van der Waals surface area contributed by atoms with E-state index in [0.29, 0.717) is 5.56 Å². The summed E-state index contributed by atoms with van der Waals surface area (Å²) in [6.07, 6.45) is 0.856. The lowest BCUT2D eigenvalue weighted by Crippen LogP contribution is -2.38. The van der Waals surface area contributed by atoms with Crippen LogP contribution in [0.1, 0.15) is 38.1 Å². The molecule has 1 atom stereocenters. The van der Waals surface area contributed by atoms with Crippen molar-refractivity contribution in [3.63, 3.8) is 0 Å². The summed E-state index contributed by atoms with van der Waals surface area (Å²) in [6.45, 7) is 5.42. The molecule has 0 bridgehead atoms. The van der Waals surface area contributed by atoms with Crippen molar-refractivity contribution in [2.45, 2.75) is 39.0 Å². The first kappa shape index (κ1) is 13.4. The fourth-order valence-electron chi connectivity index (χ4n) is 2.08. The van der Waals surface area contributed by atoms with Gasteiger partial charge in [-0.25, -0.2) is 9.59 Å². The number of hydrogen-bond acceptors (Lipinski definition) is 4. The Morgan fingerprint density at radius 2 is 2.11 bits per heavy atom. The van der Waals surface area contributed by atoms with Crippen LogP contribution in [0.15, 0.2) is 6.20 Å². The van der Waals surface area contributed by atoms with Crippen LogP contribution in [-0.4, -0.2) is 37.5 Å². The van der Waals surface area contributed by atoms with E-state index < -0.39 is 23.7 Å².